The Morgan fingerprint density at radius 3 is 2.44 bits per heavy atom. The molecule has 18 heavy (non-hydrogen) atoms. The van der Waals surface area contributed by atoms with Gasteiger partial charge < -0.3 is 15.8 Å². The second-order valence-corrected chi connectivity index (χ2v) is 5.05. The maximum Gasteiger partial charge on any atom is 0.172 e. The van der Waals surface area contributed by atoms with Crippen LogP contribution in [0.5, 0.6) is 0 Å². The van der Waals surface area contributed by atoms with E-state index in [1.54, 1.807) is 0 Å². The summed E-state index contributed by atoms with van der Waals surface area (Å²) in [6.45, 7) is 6.21. The average Bonchev–Trinajstić information content (AvgIpc) is 2.37. The van der Waals surface area contributed by atoms with Gasteiger partial charge in [0.05, 0.1) is 0 Å². The van der Waals surface area contributed by atoms with Gasteiger partial charge in [0.25, 0.3) is 0 Å². The quantitative estimate of drug-likeness (QED) is 0.367. The van der Waals surface area contributed by atoms with E-state index in [0.29, 0.717) is 0 Å². The lowest BCUT2D eigenvalue weighted by Crippen LogP contribution is -2.28. The number of hydrogen-bond donors (Lipinski definition) is 2. The molecule has 4 nitrogen and oxygen atoms in total. The first-order chi connectivity index (χ1) is 8.63. The third-order valence-corrected chi connectivity index (χ3v) is 3.16. The first-order valence-corrected chi connectivity index (χ1v) is 6.95. The van der Waals surface area contributed by atoms with Crippen molar-refractivity contribution in [3.63, 3.8) is 0 Å². The average molecular weight is 314 g/mol. The number of hydrogen-bond acceptors (Lipinski definition) is 3. The maximum atomic E-state index is 8.87. The lowest BCUT2D eigenvalue weighted by atomic mass is 10.1. The van der Waals surface area contributed by atoms with Crippen molar-refractivity contribution in [3.8, 4) is 0 Å². The molecule has 1 aromatic rings. The van der Waals surface area contributed by atoms with E-state index in [1.165, 1.54) is 0 Å². The van der Waals surface area contributed by atoms with E-state index in [4.69, 9.17) is 10.9 Å². The molecule has 1 rings (SSSR count). The minimum absolute atomic E-state index is 0.142. The Morgan fingerprint density at radius 1 is 1.33 bits per heavy atom. The highest BCUT2D eigenvalue weighted by molar-refractivity contribution is 9.10. The number of amidine groups is 1. The molecule has 100 valence electrons. The second-order valence-electron chi connectivity index (χ2n) is 4.13. The van der Waals surface area contributed by atoms with E-state index >= 15 is 0 Å². The second kappa shape index (κ2) is 7.26. The van der Waals surface area contributed by atoms with Crippen molar-refractivity contribution in [2.24, 2.45) is 10.9 Å². The summed E-state index contributed by atoms with van der Waals surface area (Å²) in [6, 6.07) is 5.85. The van der Waals surface area contributed by atoms with Gasteiger partial charge in [0.1, 0.15) is 0 Å². The molecule has 0 amide bonds. The Bertz CT molecular complexity index is 415. The van der Waals surface area contributed by atoms with Gasteiger partial charge in [-0.25, -0.2) is 0 Å². The predicted octanol–water partition coefficient (Wildman–Crippen LogP) is 3.17. The summed E-state index contributed by atoms with van der Waals surface area (Å²) in [4.78, 5) is 2.26. The summed E-state index contributed by atoms with van der Waals surface area (Å²) in [7, 11) is 0. The number of rotatable bonds is 6. The van der Waals surface area contributed by atoms with Gasteiger partial charge in [-0.1, -0.05) is 34.9 Å². The molecular formula is C13H20BrN3O. The molecular weight excluding hydrogens is 294 g/mol. The highest BCUT2D eigenvalue weighted by Gasteiger charge is 2.13. The van der Waals surface area contributed by atoms with Gasteiger partial charge in [-0.15, -0.1) is 0 Å². The smallest absolute Gasteiger partial charge is 0.172 e. The van der Waals surface area contributed by atoms with Gasteiger partial charge in [0, 0.05) is 28.8 Å². The molecule has 0 bridgehead atoms. The van der Waals surface area contributed by atoms with Crippen molar-refractivity contribution in [3.05, 3.63) is 28.2 Å². The van der Waals surface area contributed by atoms with Crippen molar-refractivity contribution in [1.29, 1.82) is 0 Å². The lowest BCUT2D eigenvalue weighted by Gasteiger charge is -2.26. The van der Waals surface area contributed by atoms with Gasteiger partial charge in [-0.2, -0.15) is 0 Å². The molecule has 0 spiro atoms. The summed E-state index contributed by atoms with van der Waals surface area (Å²) >= 11 is 3.41. The first kappa shape index (κ1) is 14.8. The number of nitrogens with two attached hydrogens (primary N) is 1. The summed E-state index contributed by atoms with van der Waals surface area (Å²) in [5, 5.41) is 12.0. The zero-order chi connectivity index (χ0) is 13.5. The summed E-state index contributed by atoms with van der Waals surface area (Å²) in [5.41, 5.74) is 7.52. The van der Waals surface area contributed by atoms with Crippen molar-refractivity contribution in [2.45, 2.75) is 26.7 Å². The third-order valence-electron chi connectivity index (χ3n) is 2.67. The molecule has 0 saturated heterocycles. The van der Waals surface area contributed by atoms with Crippen LogP contribution in [0.3, 0.4) is 0 Å². The standard InChI is InChI=1S/C13H20BrN3O/c1-3-7-17(8-4-2)12-6-5-10(14)9-11(12)13(15)16-18/h5-6,9,18H,3-4,7-8H2,1-2H3,(H2,15,16). The molecule has 0 aromatic heterocycles. The van der Waals surface area contributed by atoms with Gasteiger partial charge in [0.15, 0.2) is 5.84 Å². The van der Waals surface area contributed by atoms with Crippen LogP contribution >= 0.6 is 15.9 Å². The largest absolute Gasteiger partial charge is 0.409 e. The highest BCUT2D eigenvalue weighted by Crippen LogP contribution is 2.25. The fourth-order valence-electron chi connectivity index (χ4n) is 1.94. The van der Waals surface area contributed by atoms with Crippen LogP contribution in [0.4, 0.5) is 5.69 Å². The van der Waals surface area contributed by atoms with Crippen molar-refractivity contribution >= 4 is 27.5 Å². The van der Waals surface area contributed by atoms with Crippen LogP contribution < -0.4 is 10.6 Å². The Hall–Kier alpha value is -1.23. The Labute approximate surface area is 117 Å². The Kier molecular flexibility index (Phi) is 5.98. The van der Waals surface area contributed by atoms with Gasteiger partial charge >= 0.3 is 0 Å². The van der Waals surface area contributed by atoms with E-state index in [0.717, 1.165) is 41.7 Å². The Morgan fingerprint density at radius 2 is 1.94 bits per heavy atom. The molecule has 0 atom stereocenters. The molecule has 0 radical (unpaired) electrons. The number of benzene rings is 1. The Balaban J connectivity index is 3.19. The number of oxime groups is 1. The molecule has 1 aromatic carbocycles. The molecule has 0 heterocycles. The van der Waals surface area contributed by atoms with Crippen LogP contribution in [0, 0.1) is 0 Å². The third kappa shape index (κ3) is 3.63. The van der Waals surface area contributed by atoms with Crippen molar-refractivity contribution in [2.75, 3.05) is 18.0 Å². The number of anilines is 1. The van der Waals surface area contributed by atoms with E-state index in [1.807, 2.05) is 18.2 Å². The van der Waals surface area contributed by atoms with E-state index in [9.17, 15) is 0 Å². The zero-order valence-corrected chi connectivity index (χ0v) is 12.4. The van der Waals surface area contributed by atoms with Crippen LogP contribution in [-0.2, 0) is 0 Å². The van der Waals surface area contributed by atoms with Gasteiger partial charge in [-0.3, -0.25) is 0 Å². The highest BCUT2D eigenvalue weighted by atomic mass is 79.9. The maximum absolute atomic E-state index is 8.87. The van der Waals surface area contributed by atoms with E-state index < -0.39 is 0 Å². The number of nitrogens with zero attached hydrogens (tertiary/aromatic N) is 2. The molecule has 0 aliphatic heterocycles. The molecule has 5 heteroatoms. The van der Waals surface area contributed by atoms with Crippen LogP contribution in [0.15, 0.2) is 27.8 Å². The molecule has 0 saturated carbocycles. The molecule has 0 fully saturated rings. The number of halogens is 1. The minimum atomic E-state index is 0.142. The predicted molar refractivity (Wildman–Crippen MR) is 79.4 cm³/mol. The topological polar surface area (TPSA) is 61.8 Å². The fourth-order valence-corrected chi connectivity index (χ4v) is 2.30. The summed E-state index contributed by atoms with van der Waals surface area (Å²) in [6.07, 6.45) is 2.12. The van der Waals surface area contributed by atoms with E-state index in [-0.39, 0.29) is 5.84 Å². The van der Waals surface area contributed by atoms with Gasteiger partial charge in [-0.05, 0) is 31.0 Å². The molecule has 3 N–H and O–H groups in total. The SMILES string of the molecule is CCCN(CCC)c1ccc(Br)cc1/C(N)=N/O. The van der Waals surface area contributed by atoms with Crippen molar-refractivity contribution in [1.82, 2.24) is 0 Å². The normalized spacial score (nSPS) is 11.6. The molecule has 0 aliphatic rings. The van der Waals surface area contributed by atoms with Crippen LogP contribution in [0.2, 0.25) is 0 Å². The lowest BCUT2D eigenvalue weighted by molar-refractivity contribution is 0.318. The monoisotopic (exact) mass is 313 g/mol. The van der Waals surface area contributed by atoms with E-state index in [2.05, 4.69) is 39.8 Å². The molecule has 0 aliphatic carbocycles. The van der Waals surface area contributed by atoms with Crippen molar-refractivity contribution < 1.29 is 5.21 Å². The van der Waals surface area contributed by atoms with Gasteiger partial charge in [0.2, 0.25) is 0 Å². The van der Waals surface area contributed by atoms with Crippen LogP contribution in [-0.4, -0.2) is 24.1 Å². The summed E-state index contributed by atoms with van der Waals surface area (Å²) in [5.74, 6) is 0.142. The fraction of sp³-hybridized carbons (Fsp3) is 0.462. The first-order valence-electron chi connectivity index (χ1n) is 6.16. The van der Waals surface area contributed by atoms with Crippen LogP contribution in [0.1, 0.15) is 32.3 Å². The zero-order valence-electron chi connectivity index (χ0n) is 10.9. The van der Waals surface area contributed by atoms with Crippen LogP contribution in [0.25, 0.3) is 0 Å². The summed E-state index contributed by atoms with van der Waals surface area (Å²) < 4.78 is 0.917. The minimum Gasteiger partial charge on any atom is -0.409 e. The molecule has 0 unspecified atom stereocenters.